The van der Waals surface area contributed by atoms with Crippen LogP contribution in [-0.2, 0) is 4.79 Å². The van der Waals surface area contributed by atoms with E-state index in [2.05, 4.69) is 5.32 Å². The van der Waals surface area contributed by atoms with E-state index in [4.69, 9.17) is 5.11 Å². The van der Waals surface area contributed by atoms with Gasteiger partial charge in [0.2, 0.25) is 0 Å². The van der Waals surface area contributed by atoms with Gasteiger partial charge in [-0.1, -0.05) is 0 Å². The number of alkyl halides is 3. The van der Waals surface area contributed by atoms with Gasteiger partial charge in [0.25, 0.3) is 0 Å². The number of halogens is 3. The highest BCUT2D eigenvalue weighted by Crippen LogP contribution is 2.45. The molecule has 0 aromatic carbocycles. The second-order valence-corrected chi connectivity index (χ2v) is 6.57. The van der Waals surface area contributed by atoms with Gasteiger partial charge in [0.1, 0.15) is 0 Å². The van der Waals surface area contributed by atoms with Gasteiger partial charge in [-0.05, 0) is 25.0 Å². The van der Waals surface area contributed by atoms with Crippen molar-refractivity contribution in [2.45, 2.75) is 31.5 Å². The van der Waals surface area contributed by atoms with Crippen molar-refractivity contribution in [3.63, 3.8) is 0 Å². The van der Waals surface area contributed by atoms with E-state index in [1.54, 1.807) is 11.8 Å². The summed E-state index contributed by atoms with van der Waals surface area (Å²) < 4.78 is 39.1. The number of aliphatic carboxylic acids is 1. The molecule has 0 spiro atoms. The van der Waals surface area contributed by atoms with E-state index in [0.717, 1.165) is 29.2 Å². The van der Waals surface area contributed by atoms with Crippen LogP contribution in [0.1, 0.15) is 19.3 Å². The van der Waals surface area contributed by atoms with E-state index in [1.165, 1.54) is 0 Å². The Bertz CT molecular complexity index is 426. The Labute approximate surface area is 124 Å². The number of hydrogen-bond acceptors (Lipinski definition) is 3. The lowest BCUT2D eigenvalue weighted by molar-refractivity contribution is -0.226. The molecule has 2 heterocycles. The monoisotopic (exact) mass is 326 g/mol. The highest BCUT2D eigenvalue weighted by Gasteiger charge is 2.64. The molecule has 0 aromatic rings. The molecule has 2 amide bonds. The summed E-state index contributed by atoms with van der Waals surface area (Å²) in [6, 6.07) is -0.656. The van der Waals surface area contributed by atoms with Gasteiger partial charge in [-0.2, -0.15) is 24.9 Å². The summed E-state index contributed by atoms with van der Waals surface area (Å²) in [5, 5.41) is 11.6. The van der Waals surface area contributed by atoms with Crippen LogP contribution in [-0.4, -0.2) is 58.8 Å². The summed E-state index contributed by atoms with van der Waals surface area (Å²) in [4.78, 5) is 24.0. The standard InChI is InChI=1S/C12H17F3N2O3S/c13-12(14,15)11(9(18)19)3-4-17(7-11)10(20)16-8-2-1-5-21-6-8/h8H,1-7H2,(H,16,20)(H,18,19). The minimum absolute atomic E-state index is 0.0537. The fourth-order valence-corrected chi connectivity index (χ4v) is 3.70. The number of amides is 2. The first-order chi connectivity index (χ1) is 9.76. The molecule has 2 fully saturated rings. The quantitative estimate of drug-likeness (QED) is 0.813. The molecule has 0 saturated carbocycles. The number of carbonyl (C=O) groups excluding carboxylic acids is 1. The topological polar surface area (TPSA) is 69.6 Å². The number of nitrogens with zero attached hydrogens (tertiary/aromatic N) is 1. The molecular formula is C12H17F3N2O3S. The third kappa shape index (κ3) is 3.22. The van der Waals surface area contributed by atoms with Crippen LogP contribution in [0.4, 0.5) is 18.0 Å². The molecule has 2 unspecified atom stereocenters. The van der Waals surface area contributed by atoms with Crippen LogP contribution in [0.5, 0.6) is 0 Å². The van der Waals surface area contributed by atoms with Gasteiger partial charge < -0.3 is 15.3 Å². The number of urea groups is 1. The van der Waals surface area contributed by atoms with Crippen LogP contribution in [0.25, 0.3) is 0 Å². The Balaban J connectivity index is 2.00. The molecular weight excluding hydrogens is 309 g/mol. The molecule has 2 N–H and O–H groups in total. The van der Waals surface area contributed by atoms with Gasteiger partial charge >= 0.3 is 18.2 Å². The van der Waals surface area contributed by atoms with Crippen LogP contribution < -0.4 is 5.32 Å². The molecule has 21 heavy (non-hydrogen) atoms. The summed E-state index contributed by atoms with van der Waals surface area (Å²) in [5.74, 6) is -0.159. The Kier molecular flexibility index (Phi) is 4.60. The smallest absolute Gasteiger partial charge is 0.406 e. The first kappa shape index (κ1) is 16.3. The second kappa shape index (κ2) is 5.94. The molecule has 2 rings (SSSR count). The van der Waals surface area contributed by atoms with Crippen molar-refractivity contribution in [2.24, 2.45) is 5.41 Å². The number of nitrogens with one attached hydrogen (secondary N) is 1. The molecule has 9 heteroatoms. The van der Waals surface area contributed by atoms with Crippen molar-refractivity contribution in [2.75, 3.05) is 24.6 Å². The maximum absolute atomic E-state index is 13.0. The van der Waals surface area contributed by atoms with Crippen molar-refractivity contribution >= 4 is 23.8 Å². The molecule has 120 valence electrons. The van der Waals surface area contributed by atoms with Gasteiger partial charge in [-0.3, -0.25) is 4.79 Å². The molecule has 0 bridgehead atoms. The molecule has 0 aliphatic carbocycles. The molecule has 2 saturated heterocycles. The SMILES string of the molecule is O=C(NC1CCCSC1)N1CCC(C(=O)O)(C(F)(F)F)C1. The third-order valence-corrected chi connectivity index (χ3v) is 5.21. The minimum atomic E-state index is -4.87. The lowest BCUT2D eigenvalue weighted by Gasteiger charge is -2.28. The van der Waals surface area contributed by atoms with Gasteiger partial charge in [0.15, 0.2) is 5.41 Å². The Morgan fingerprint density at radius 3 is 2.57 bits per heavy atom. The maximum Gasteiger partial charge on any atom is 0.406 e. The minimum Gasteiger partial charge on any atom is -0.481 e. The molecule has 2 atom stereocenters. The van der Waals surface area contributed by atoms with E-state index in [0.29, 0.717) is 0 Å². The highest BCUT2D eigenvalue weighted by atomic mass is 32.2. The van der Waals surface area contributed by atoms with Crippen molar-refractivity contribution in [3.8, 4) is 0 Å². The van der Waals surface area contributed by atoms with Crippen molar-refractivity contribution in [3.05, 3.63) is 0 Å². The summed E-state index contributed by atoms with van der Waals surface area (Å²) in [7, 11) is 0. The van der Waals surface area contributed by atoms with E-state index < -0.39 is 36.6 Å². The van der Waals surface area contributed by atoms with Crippen molar-refractivity contribution in [1.29, 1.82) is 0 Å². The Hall–Kier alpha value is -1.12. The summed E-state index contributed by atoms with van der Waals surface area (Å²) in [5.41, 5.74) is -2.84. The van der Waals surface area contributed by atoms with E-state index in [9.17, 15) is 22.8 Å². The number of hydrogen-bond donors (Lipinski definition) is 2. The fourth-order valence-electron chi connectivity index (χ4n) is 2.63. The zero-order valence-electron chi connectivity index (χ0n) is 11.3. The van der Waals surface area contributed by atoms with Gasteiger partial charge in [-0.15, -0.1) is 0 Å². The molecule has 2 aliphatic rings. The number of carboxylic acid groups (broad SMARTS) is 1. The molecule has 0 radical (unpaired) electrons. The maximum atomic E-state index is 13.0. The average Bonchev–Trinajstić information content (AvgIpc) is 2.86. The molecule has 0 aromatic heterocycles. The van der Waals surface area contributed by atoms with E-state index in [1.807, 2.05) is 0 Å². The number of rotatable bonds is 2. The summed E-state index contributed by atoms with van der Waals surface area (Å²) in [6.45, 7) is -1.02. The van der Waals surface area contributed by atoms with Gasteiger partial charge in [0.05, 0.1) is 0 Å². The van der Waals surface area contributed by atoms with Gasteiger partial charge in [0, 0.05) is 24.9 Å². The zero-order chi connectivity index (χ0) is 15.7. The predicted octanol–water partition coefficient (Wildman–Crippen LogP) is 1.93. The summed E-state index contributed by atoms with van der Waals surface area (Å²) >= 11 is 1.69. The molecule has 5 nitrogen and oxygen atoms in total. The van der Waals surface area contributed by atoms with Crippen LogP contribution in [0.3, 0.4) is 0 Å². The normalized spacial score (nSPS) is 30.2. The summed E-state index contributed by atoms with van der Waals surface area (Å²) in [6.07, 6.45) is -3.71. The largest absolute Gasteiger partial charge is 0.481 e. The number of carbonyl (C=O) groups is 2. The van der Waals surface area contributed by atoms with E-state index in [-0.39, 0.29) is 12.6 Å². The van der Waals surface area contributed by atoms with Crippen LogP contribution in [0.15, 0.2) is 0 Å². The van der Waals surface area contributed by atoms with E-state index >= 15 is 0 Å². The first-order valence-corrected chi connectivity index (χ1v) is 7.85. The number of thioether (sulfide) groups is 1. The number of likely N-dealkylation sites (tertiary alicyclic amines) is 1. The Morgan fingerprint density at radius 2 is 2.10 bits per heavy atom. The van der Waals surface area contributed by atoms with Crippen molar-refractivity contribution < 1.29 is 27.9 Å². The predicted molar refractivity (Wildman–Crippen MR) is 71.2 cm³/mol. The fraction of sp³-hybridized carbons (Fsp3) is 0.833. The second-order valence-electron chi connectivity index (χ2n) is 5.42. The van der Waals surface area contributed by atoms with Crippen LogP contribution in [0.2, 0.25) is 0 Å². The lowest BCUT2D eigenvalue weighted by Crippen LogP contribution is -2.50. The van der Waals surface area contributed by atoms with Crippen LogP contribution in [0, 0.1) is 5.41 Å². The van der Waals surface area contributed by atoms with Crippen molar-refractivity contribution in [1.82, 2.24) is 10.2 Å². The highest BCUT2D eigenvalue weighted by molar-refractivity contribution is 7.99. The zero-order valence-corrected chi connectivity index (χ0v) is 12.1. The third-order valence-electron chi connectivity index (χ3n) is 4.00. The number of carboxylic acids is 1. The van der Waals surface area contributed by atoms with Crippen LogP contribution >= 0.6 is 11.8 Å². The first-order valence-electron chi connectivity index (χ1n) is 6.69. The van der Waals surface area contributed by atoms with Gasteiger partial charge in [-0.25, -0.2) is 4.79 Å². The average molecular weight is 326 g/mol. The molecule has 2 aliphatic heterocycles. The Morgan fingerprint density at radius 1 is 1.38 bits per heavy atom. The lowest BCUT2D eigenvalue weighted by atomic mass is 9.86.